The fraction of sp³-hybridized carbons (Fsp3) is 0.0909. The SMILES string of the molecule is O=C1C=CC(=O)N1NCc1ccccc1. The van der Waals surface area contributed by atoms with Crippen LogP contribution >= 0.6 is 0 Å². The zero-order chi connectivity index (χ0) is 10.7. The van der Waals surface area contributed by atoms with Crippen LogP contribution in [0.4, 0.5) is 0 Å². The van der Waals surface area contributed by atoms with Crippen molar-refractivity contribution in [2.24, 2.45) is 0 Å². The average Bonchev–Trinajstić information content (AvgIpc) is 2.58. The third kappa shape index (κ3) is 2.11. The molecule has 0 spiro atoms. The zero-order valence-electron chi connectivity index (χ0n) is 8.01. The molecule has 0 radical (unpaired) electrons. The van der Waals surface area contributed by atoms with Gasteiger partial charge in [-0.05, 0) is 5.56 Å². The molecule has 4 nitrogen and oxygen atoms in total. The molecule has 1 aliphatic heterocycles. The third-order valence-electron chi connectivity index (χ3n) is 2.09. The van der Waals surface area contributed by atoms with Crippen molar-refractivity contribution in [3.05, 3.63) is 48.0 Å². The first-order valence-corrected chi connectivity index (χ1v) is 4.61. The molecule has 4 heteroatoms. The molecule has 0 aliphatic carbocycles. The Hall–Kier alpha value is -1.94. The number of hydrogen-bond donors (Lipinski definition) is 1. The molecule has 1 N–H and O–H groups in total. The predicted octanol–water partition coefficient (Wildman–Crippen LogP) is 0.616. The molecule has 1 aromatic rings. The number of carbonyl (C=O) groups excluding carboxylic acids is 2. The van der Waals surface area contributed by atoms with Gasteiger partial charge >= 0.3 is 0 Å². The Labute approximate surface area is 87.2 Å². The normalized spacial score (nSPS) is 15.1. The predicted molar refractivity (Wildman–Crippen MR) is 54.3 cm³/mol. The topological polar surface area (TPSA) is 49.4 Å². The van der Waals surface area contributed by atoms with E-state index in [0.717, 1.165) is 10.6 Å². The van der Waals surface area contributed by atoms with Crippen LogP contribution in [-0.4, -0.2) is 16.8 Å². The van der Waals surface area contributed by atoms with Crippen molar-refractivity contribution < 1.29 is 9.59 Å². The van der Waals surface area contributed by atoms with Crippen LogP contribution in [0.2, 0.25) is 0 Å². The van der Waals surface area contributed by atoms with Crippen molar-refractivity contribution in [2.45, 2.75) is 6.54 Å². The van der Waals surface area contributed by atoms with Gasteiger partial charge in [0, 0.05) is 18.7 Å². The summed E-state index contributed by atoms with van der Waals surface area (Å²) in [5.41, 5.74) is 3.79. The van der Waals surface area contributed by atoms with Crippen molar-refractivity contribution >= 4 is 11.8 Å². The molecule has 0 bridgehead atoms. The molecular weight excluding hydrogens is 192 g/mol. The molecule has 0 saturated carbocycles. The van der Waals surface area contributed by atoms with Crippen LogP contribution < -0.4 is 5.43 Å². The largest absolute Gasteiger partial charge is 0.268 e. The molecule has 2 rings (SSSR count). The number of nitrogens with one attached hydrogen (secondary N) is 1. The molecule has 0 saturated heterocycles. The highest BCUT2D eigenvalue weighted by molar-refractivity contribution is 6.12. The molecule has 0 unspecified atom stereocenters. The number of imide groups is 1. The van der Waals surface area contributed by atoms with E-state index in [-0.39, 0.29) is 11.8 Å². The van der Waals surface area contributed by atoms with E-state index in [9.17, 15) is 9.59 Å². The molecule has 0 atom stereocenters. The molecule has 1 aromatic carbocycles. The first kappa shape index (κ1) is 9.61. The van der Waals surface area contributed by atoms with Crippen LogP contribution in [-0.2, 0) is 16.1 Å². The summed E-state index contributed by atoms with van der Waals surface area (Å²) < 4.78 is 0. The number of hydrogen-bond acceptors (Lipinski definition) is 3. The molecular formula is C11H10N2O2. The van der Waals surface area contributed by atoms with Crippen LogP contribution in [0.25, 0.3) is 0 Å². The number of rotatable bonds is 3. The van der Waals surface area contributed by atoms with Gasteiger partial charge in [0.2, 0.25) is 0 Å². The molecule has 2 amide bonds. The minimum absolute atomic E-state index is 0.323. The Morgan fingerprint density at radius 2 is 1.60 bits per heavy atom. The summed E-state index contributed by atoms with van der Waals surface area (Å²) in [6.45, 7) is 0.458. The van der Waals surface area contributed by atoms with Crippen molar-refractivity contribution in [3.8, 4) is 0 Å². The van der Waals surface area contributed by atoms with E-state index in [0.29, 0.717) is 6.54 Å². The number of amides is 2. The van der Waals surface area contributed by atoms with E-state index in [1.807, 2.05) is 30.3 Å². The average molecular weight is 202 g/mol. The van der Waals surface area contributed by atoms with Gasteiger partial charge < -0.3 is 0 Å². The van der Waals surface area contributed by atoms with Gasteiger partial charge in [0.25, 0.3) is 11.8 Å². The van der Waals surface area contributed by atoms with Gasteiger partial charge in [-0.1, -0.05) is 30.3 Å². The van der Waals surface area contributed by atoms with Gasteiger partial charge in [0.1, 0.15) is 0 Å². The van der Waals surface area contributed by atoms with Crippen LogP contribution in [0.15, 0.2) is 42.5 Å². The maximum absolute atomic E-state index is 11.2. The van der Waals surface area contributed by atoms with E-state index >= 15 is 0 Å². The Morgan fingerprint density at radius 3 is 2.20 bits per heavy atom. The lowest BCUT2D eigenvalue weighted by Gasteiger charge is -2.14. The summed E-state index contributed by atoms with van der Waals surface area (Å²) in [6.07, 6.45) is 2.50. The summed E-state index contributed by atoms with van der Waals surface area (Å²) in [5, 5.41) is 1.01. The number of carbonyl (C=O) groups is 2. The zero-order valence-corrected chi connectivity index (χ0v) is 8.01. The Morgan fingerprint density at radius 1 is 1.00 bits per heavy atom. The van der Waals surface area contributed by atoms with Gasteiger partial charge in [-0.3, -0.25) is 9.59 Å². The third-order valence-corrected chi connectivity index (χ3v) is 2.09. The highest BCUT2D eigenvalue weighted by atomic mass is 16.2. The van der Waals surface area contributed by atoms with E-state index in [2.05, 4.69) is 5.43 Å². The summed E-state index contributed by atoms with van der Waals surface area (Å²) in [4.78, 5) is 22.3. The molecule has 0 fully saturated rings. The van der Waals surface area contributed by atoms with Gasteiger partial charge in [0.15, 0.2) is 0 Å². The highest BCUT2D eigenvalue weighted by Gasteiger charge is 2.22. The van der Waals surface area contributed by atoms with E-state index < -0.39 is 0 Å². The van der Waals surface area contributed by atoms with Gasteiger partial charge in [-0.2, -0.15) is 0 Å². The second kappa shape index (κ2) is 4.06. The monoisotopic (exact) mass is 202 g/mol. The van der Waals surface area contributed by atoms with Crippen LogP contribution in [0.3, 0.4) is 0 Å². The van der Waals surface area contributed by atoms with Gasteiger partial charge in [-0.25, -0.2) is 10.4 Å². The Balaban J connectivity index is 1.95. The summed E-state index contributed by atoms with van der Waals surface area (Å²) >= 11 is 0. The van der Waals surface area contributed by atoms with E-state index in [1.54, 1.807) is 0 Å². The van der Waals surface area contributed by atoms with Crippen LogP contribution in [0.1, 0.15) is 5.56 Å². The van der Waals surface area contributed by atoms with E-state index in [1.165, 1.54) is 12.2 Å². The molecule has 0 aromatic heterocycles. The minimum Gasteiger partial charge on any atom is -0.268 e. The van der Waals surface area contributed by atoms with Crippen LogP contribution in [0, 0.1) is 0 Å². The van der Waals surface area contributed by atoms with Crippen molar-refractivity contribution in [2.75, 3.05) is 0 Å². The van der Waals surface area contributed by atoms with Crippen molar-refractivity contribution in [3.63, 3.8) is 0 Å². The Bertz CT molecular complexity index is 394. The first-order chi connectivity index (χ1) is 7.27. The lowest BCUT2D eigenvalue weighted by atomic mass is 10.2. The second-order valence-electron chi connectivity index (χ2n) is 3.17. The van der Waals surface area contributed by atoms with Crippen molar-refractivity contribution in [1.29, 1.82) is 0 Å². The first-order valence-electron chi connectivity index (χ1n) is 4.61. The van der Waals surface area contributed by atoms with Gasteiger partial charge in [-0.15, -0.1) is 0 Å². The summed E-state index contributed by atoms with van der Waals surface area (Å²) in [5.74, 6) is -0.646. The smallest absolute Gasteiger partial charge is 0.268 e. The number of nitrogens with zero attached hydrogens (tertiary/aromatic N) is 1. The summed E-state index contributed by atoms with van der Waals surface area (Å²) in [7, 11) is 0. The second-order valence-corrected chi connectivity index (χ2v) is 3.17. The quantitative estimate of drug-likeness (QED) is 0.731. The lowest BCUT2D eigenvalue weighted by Crippen LogP contribution is -2.42. The lowest BCUT2D eigenvalue weighted by molar-refractivity contribution is -0.140. The summed E-state index contributed by atoms with van der Waals surface area (Å²) in [6, 6.07) is 9.57. The number of benzene rings is 1. The standard InChI is InChI=1S/C11H10N2O2/c14-10-6-7-11(15)13(10)12-8-9-4-2-1-3-5-9/h1-7,12H,8H2. The molecule has 1 heterocycles. The number of hydrazine groups is 1. The molecule has 15 heavy (non-hydrogen) atoms. The maximum Gasteiger partial charge on any atom is 0.268 e. The Kier molecular flexibility index (Phi) is 2.60. The van der Waals surface area contributed by atoms with E-state index in [4.69, 9.17) is 0 Å². The molecule has 76 valence electrons. The fourth-order valence-electron chi connectivity index (χ4n) is 1.32. The van der Waals surface area contributed by atoms with Crippen LogP contribution in [0.5, 0.6) is 0 Å². The minimum atomic E-state index is -0.323. The van der Waals surface area contributed by atoms with Crippen molar-refractivity contribution in [1.82, 2.24) is 10.4 Å². The van der Waals surface area contributed by atoms with Gasteiger partial charge in [0.05, 0.1) is 0 Å². The maximum atomic E-state index is 11.2. The molecule has 1 aliphatic rings. The highest BCUT2D eigenvalue weighted by Crippen LogP contribution is 2.02. The fourth-order valence-corrected chi connectivity index (χ4v) is 1.32.